The molecule has 1 aliphatic rings. The predicted molar refractivity (Wildman–Crippen MR) is 66.8 cm³/mol. The van der Waals surface area contributed by atoms with Crippen molar-refractivity contribution in [2.24, 2.45) is 5.73 Å². The van der Waals surface area contributed by atoms with E-state index in [-0.39, 0.29) is 11.3 Å². The van der Waals surface area contributed by atoms with Gasteiger partial charge in [-0.15, -0.1) is 0 Å². The Labute approximate surface area is 101 Å². The largest absolute Gasteiger partial charge is 0.508 e. The van der Waals surface area contributed by atoms with E-state index in [1.165, 1.54) is 6.42 Å². The molecule has 3 N–H and O–H groups in total. The topological polar surface area (TPSA) is 46.2 Å². The van der Waals surface area contributed by atoms with Gasteiger partial charge in [0.1, 0.15) is 5.75 Å². The maximum Gasteiger partial charge on any atom is 0.120 e. The zero-order valence-electron chi connectivity index (χ0n) is 9.59. The minimum Gasteiger partial charge on any atom is -0.508 e. The van der Waals surface area contributed by atoms with Crippen LogP contribution >= 0.6 is 11.6 Å². The molecule has 0 amide bonds. The molecule has 1 fully saturated rings. The van der Waals surface area contributed by atoms with Crippen LogP contribution < -0.4 is 5.73 Å². The molecule has 3 heteroatoms. The van der Waals surface area contributed by atoms with Crippen LogP contribution in [0.3, 0.4) is 0 Å². The van der Waals surface area contributed by atoms with E-state index >= 15 is 0 Å². The van der Waals surface area contributed by atoms with Crippen molar-refractivity contribution in [2.45, 2.75) is 44.6 Å². The number of halogens is 1. The van der Waals surface area contributed by atoms with Gasteiger partial charge in [-0.05, 0) is 37.5 Å². The lowest BCUT2D eigenvalue weighted by Gasteiger charge is -2.34. The molecule has 2 rings (SSSR count). The molecule has 1 aromatic rings. The third-order valence-electron chi connectivity index (χ3n) is 3.64. The number of nitrogens with two attached hydrogens (primary N) is 1. The van der Waals surface area contributed by atoms with E-state index in [1.54, 1.807) is 6.07 Å². The molecule has 1 aliphatic carbocycles. The summed E-state index contributed by atoms with van der Waals surface area (Å²) in [6, 6.07) is 3.68. The van der Waals surface area contributed by atoms with Crippen LogP contribution in [0.25, 0.3) is 0 Å². The summed E-state index contributed by atoms with van der Waals surface area (Å²) in [7, 11) is 0. The van der Waals surface area contributed by atoms with E-state index in [0.717, 1.165) is 36.8 Å². The van der Waals surface area contributed by atoms with Crippen LogP contribution in [0.2, 0.25) is 5.02 Å². The zero-order valence-corrected chi connectivity index (χ0v) is 10.3. The van der Waals surface area contributed by atoms with Crippen molar-refractivity contribution in [1.29, 1.82) is 0 Å². The number of phenols is 1. The van der Waals surface area contributed by atoms with Gasteiger partial charge in [0.15, 0.2) is 0 Å². The predicted octanol–water partition coefficient (Wildman–Crippen LogP) is 3.47. The maximum absolute atomic E-state index is 9.79. The van der Waals surface area contributed by atoms with Crippen LogP contribution in [-0.2, 0) is 5.54 Å². The van der Waals surface area contributed by atoms with Gasteiger partial charge in [-0.3, -0.25) is 0 Å². The Morgan fingerprint density at radius 2 is 1.88 bits per heavy atom. The van der Waals surface area contributed by atoms with Crippen LogP contribution in [0.5, 0.6) is 5.75 Å². The molecule has 0 unspecified atom stereocenters. The second kappa shape index (κ2) is 4.27. The minimum absolute atomic E-state index is 0.248. The third-order valence-corrected chi connectivity index (χ3v) is 4.03. The maximum atomic E-state index is 9.79. The highest BCUT2D eigenvalue weighted by molar-refractivity contribution is 6.31. The number of rotatable bonds is 1. The van der Waals surface area contributed by atoms with Crippen molar-refractivity contribution < 1.29 is 5.11 Å². The Balaban J connectivity index is 2.39. The molecule has 1 aromatic carbocycles. The SMILES string of the molecule is Cc1c(O)cc(C2(N)CCCCC2)cc1Cl. The molecule has 88 valence electrons. The van der Waals surface area contributed by atoms with Gasteiger partial charge in [-0.25, -0.2) is 0 Å². The lowest BCUT2D eigenvalue weighted by atomic mass is 9.77. The Morgan fingerprint density at radius 1 is 1.25 bits per heavy atom. The van der Waals surface area contributed by atoms with Gasteiger partial charge in [0.05, 0.1) is 0 Å². The zero-order chi connectivity index (χ0) is 11.8. The van der Waals surface area contributed by atoms with Crippen LogP contribution in [0.1, 0.15) is 43.2 Å². The Morgan fingerprint density at radius 3 is 2.44 bits per heavy atom. The lowest BCUT2D eigenvalue weighted by molar-refractivity contribution is 0.301. The molecule has 0 aromatic heterocycles. The summed E-state index contributed by atoms with van der Waals surface area (Å²) in [5.74, 6) is 0.248. The van der Waals surface area contributed by atoms with Crippen molar-refractivity contribution in [3.05, 3.63) is 28.3 Å². The highest BCUT2D eigenvalue weighted by Crippen LogP contribution is 2.38. The number of benzene rings is 1. The van der Waals surface area contributed by atoms with E-state index in [9.17, 15) is 5.11 Å². The average Bonchev–Trinajstić information content (AvgIpc) is 2.26. The van der Waals surface area contributed by atoms with Gasteiger partial charge in [0.25, 0.3) is 0 Å². The van der Waals surface area contributed by atoms with Crippen molar-refractivity contribution >= 4 is 11.6 Å². The van der Waals surface area contributed by atoms with Crippen molar-refractivity contribution in [3.63, 3.8) is 0 Å². The summed E-state index contributed by atoms with van der Waals surface area (Å²) in [4.78, 5) is 0. The first-order valence-corrected chi connectivity index (χ1v) is 6.19. The number of hydrogen-bond donors (Lipinski definition) is 2. The van der Waals surface area contributed by atoms with Crippen molar-refractivity contribution in [2.75, 3.05) is 0 Å². The van der Waals surface area contributed by atoms with Crippen LogP contribution in [0.15, 0.2) is 12.1 Å². The summed E-state index contributed by atoms with van der Waals surface area (Å²) in [6.07, 6.45) is 5.52. The van der Waals surface area contributed by atoms with Gasteiger partial charge < -0.3 is 10.8 Å². The van der Waals surface area contributed by atoms with Gasteiger partial charge >= 0.3 is 0 Å². The molecule has 0 spiro atoms. The number of hydrogen-bond acceptors (Lipinski definition) is 2. The molecular formula is C13H18ClNO. The fraction of sp³-hybridized carbons (Fsp3) is 0.538. The van der Waals surface area contributed by atoms with E-state index in [1.807, 2.05) is 13.0 Å². The van der Waals surface area contributed by atoms with Gasteiger partial charge in [0.2, 0.25) is 0 Å². The van der Waals surface area contributed by atoms with Crippen LogP contribution in [0, 0.1) is 6.92 Å². The second-order valence-corrected chi connectivity index (χ2v) is 5.23. The quantitative estimate of drug-likeness (QED) is 0.788. The molecule has 0 bridgehead atoms. The first-order chi connectivity index (χ1) is 7.53. The first-order valence-electron chi connectivity index (χ1n) is 5.81. The third kappa shape index (κ3) is 2.04. The normalized spacial score (nSPS) is 19.7. The Kier molecular flexibility index (Phi) is 3.13. The Bertz CT molecular complexity index is 374. The van der Waals surface area contributed by atoms with Crippen molar-refractivity contribution in [3.8, 4) is 5.75 Å². The van der Waals surface area contributed by atoms with Crippen LogP contribution in [0.4, 0.5) is 0 Å². The fourth-order valence-corrected chi connectivity index (χ4v) is 2.64. The standard InChI is InChI=1S/C13H18ClNO/c1-9-11(14)7-10(8-12(9)16)13(15)5-3-2-4-6-13/h7-8,16H,2-6,15H2,1H3. The van der Waals surface area contributed by atoms with Gasteiger partial charge in [-0.2, -0.15) is 0 Å². The van der Waals surface area contributed by atoms with E-state index in [2.05, 4.69) is 0 Å². The van der Waals surface area contributed by atoms with E-state index in [0.29, 0.717) is 5.02 Å². The van der Waals surface area contributed by atoms with Crippen molar-refractivity contribution in [1.82, 2.24) is 0 Å². The highest BCUT2D eigenvalue weighted by Gasteiger charge is 2.30. The fourth-order valence-electron chi connectivity index (χ4n) is 2.42. The molecule has 0 saturated heterocycles. The number of phenolic OH excluding ortho intramolecular Hbond substituents is 1. The summed E-state index contributed by atoms with van der Waals surface area (Å²) in [5.41, 5.74) is 7.80. The second-order valence-electron chi connectivity index (χ2n) is 4.82. The molecule has 2 nitrogen and oxygen atoms in total. The minimum atomic E-state index is -0.299. The molecule has 0 aliphatic heterocycles. The summed E-state index contributed by atoms with van der Waals surface area (Å²) >= 11 is 6.08. The highest BCUT2D eigenvalue weighted by atomic mass is 35.5. The van der Waals surface area contributed by atoms with E-state index in [4.69, 9.17) is 17.3 Å². The molecule has 16 heavy (non-hydrogen) atoms. The van der Waals surface area contributed by atoms with Crippen LogP contribution in [-0.4, -0.2) is 5.11 Å². The Hall–Kier alpha value is -0.730. The number of aromatic hydroxyl groups is 1. The molecular weight excluding hydrogens is 222 g/mol. The summed E-state index contributed by atoms with van der Waals surface area (Å²) in [6.45, 7) is 1.81. The summed E-state index contributed by atoms with van der Waals surface area (Å²) < 4.78 is 0. The molecule has 0 atom stereocenters. The summed E-state index contributed by atoms with van der Waals surface area (Å²) in [5, 5.41) is 10.4. The first kappa shape index (κ1) is 11.7. The average molecular weight is 240 g/mol. The van der Waals surface area contributed by atoms with E-state index < -0.39 is 0 Å². The molecule has 0 radical (unpaired) electrons. The van der Waals surface area contributed by atoms with Gasteiger partial charge in [0, 0.05) is 16.1 Å². The van der Waals surface area contributed by atoms with Gasteiger partial charge in [-0.1, -0.05) is 30.9 Å². The smallest absolute Gasteiger partial charge is 0.120 e. The monoisotopic (exact) mass is 239 g/mol. The molecule has 0 heterocycles. The lowest BCUT2D eigenvalue weighted by Crippen LogP contribution is -2.38. The molecule has 1 saturated carbocycles.